The van der Waals surface area contributed by atoms with Crippen molar-refractivity contribution in [2.75, 3.05) is 26.4 Å². The predicted octanol–water partition coefficient (Wildman–Crippen LogP) is 5.34. The highest BCUT2D eigenvalue weighted by molar-refractivity contribution is 7.61. The van der Waals surface area contributed by atoms with Gasteiger partial charge in [-0.25, -0.2) is 9.13 Å². The van der Waals surface area contributed by atoms with E-state index < -0.39 is 35.0 Å². The summed E-state index contributed by atoms with van der Waals surface area (Å²) in [6, 6.07) is 0. The zero-order valence-corrected chi connectivity index (χ0v) is 20.4. The van der Waals surface area contributed by atoms with Gasteiger partial charge in [0.25, 0.3) is 0 Å². The standard InChI is InChI=1S/C19H42O9P2/c1-3-5-7-9-11-13-15-25-30(24,26-16-14-12-10-8-6-4-2)28-29(22,23)27-18-19(21)17-20/h19-21H,3-18H2,1-2H3,(H,22,23). The second kappa shape index (κ2) is 18.7. The van der Waals surface area contributed by atoms with Gasteiger partial charge >= 0.3 is 15.6 Å². The molecule has 182 valence electrons. The van der Waals surface area contributed by atoms with Crippen molar-refractivity contribution in [1.82, 2.24) is 0 Å². The molecule has 0 rings (SSSR count). The van der Waals surface area contributed by atoms with Gasteiger partial charge in [0.2, 0.25) is 0 Å². The van der Waals surface area contributed by atoms with Gasteiger partial charge in [0, 0.05) is 0 Å². The van der Waals surface area contributed by atoms with Crippen molar-refractivity contribution in [1.29, 1.82) is 0 Å². The summed E-state index contributed by atoms with van der Waals surface area (Å²) >= 11 is 0. The molecule has 0 aromatic carbocycles. The van der Waals surface area contributed by atoms with Crippen LogP contribution in [0.15, 0.2) is 0 Å². The first-order chi connectivity index (χ1) is 14.3. The molecule has 2 unspecified atom stereocenters. The largest absolute Gasteiger partial charge is 0.483 e. The van der Waals surface area contributed by atoms with Gasteiger partial charge in [-0.3, -0.25) is 13.6 Å². The first kappa shape index (κ1) is 30.2. The summed E-state index contributed by atoms with van der Waals surface area (Å²) in [6.45, 7) is 3.09. The maximum atomic E-state index is 12.8. The highest BCUT2D eigenvalue weighted by atomic mass is 31.3. The molecule has 0 aromatic rings. The van der Waals surface area contributed by atoms with Crippen LogP contribution in [0, 0.1) is 0 Å². The minimum Gasteiger partial charge on any atom is -0.394 e. The quantitative estimate of drug-likeness (QED) is 0.140. The fraction of sp³-hybridized carbons (Fsp3) is 1.00. The number of unbranched alkanes of at least 4 members (excludes halogenated alkanes) is 10. The van der Waals surface area contributed by atoms with E-state index in [1.807, 2.05) is 0 Å². The van der Waals surface area contributed by atoms with E-state index in [2.05, 4.69) is 18.4 Å². The van der Waals surface area contributed by atoms with Gasteiger partial charge in [-0.1, -0.05) is 78.1 Å². The van der Waals surface area contributed by atoms with Crippen LogP contribution in [0.25, 0.3) is 0 Å². The number of aliphatic hydroxyl groups excluding tert-OH is 2. The molecule has 0 aliphatic heterocycles. The van der Waals surface area contributed by atoms with E-state index in [0.717, 1.165) is 64.2 Å². The Morgan fingerprint density at radius 2 is 1.17 bits per heavy atom. The minimum atomic E-state index is -4.81. The third-order valence-corrected chi connectivity index (χ3v) is 7.44. The lowest BCUT2D eigenvalue weighted by atomic mass is 10.1. The predicted molar refractivity (Wildman–Crippen MR) is 116 cm³/mol. The lowest BCUT2D eigenvalue weighted by Crippen LogP contribution is -2.18. The van der Waals surface area contributed by atoms with Crippen molar-refractivity contribution < 1.29 is 42.1 Å². The molecule has 0 aromatic heterocycles. The van der Waals surface area contributed by atoms with Gasteiger partial charge in [0.05, 0.1) is 26.4 Å². The molecule has 0 aliphatic rings. The van der Waals surface area contributed by atoms with Crippen LogP contribution in [-0.2, 0) is 27.0 Å². The zero-order chi connectivity index (χ0) is 22.7. The van der Waals surface area contributed by atoms with Crippen molar-refractivity contribution in [3.05, 3.63) is 0 Å². The highest BCUT2D eigenvalue weighted by Gasteiger charge is 2.38. The Morgan fingerprint density at radius 1 is 0.733 bits per heavy atom. The number of phosphoric acid groups is 2. The molecule has 0 heterocycles. The minimum absolute atomic E-state index is 0.0686. The number of phosphoric ester groups is 2. The van der Waals surface area contributed by atoms with Gasteiger partial charge in [-0.15, -0.1) is 0 Å². The summed E-state index contributed by atoms with van der Waals surface area (Å²) in [6.07, 6.45) is 10.5. The van der Waals surface area contributed by atoms with Crippen molar-refractivity contribution in [3.8, 4) is 0 Å². The monoisotopic (exact) mass is 476 g/mol. The maximum Gasteiger partial charge on any atom is 0.483 e. The molecular weight excluding hydrogens is 434 g/mol. The van der Waals surface area contributed by atoms with Gasteiger partial charge in [0.1, 0.15) is 6.10 Å². The van der Waals surface area contributed by atoms with Crippen LogP contribution in [-0.4, -0.2) is 47.6 Å². The first-order valence-corrected chi connectivity index (χ1v) is 14.1. The van der Waals surface area contributed by atoms with Gasteiger partial charge < -0.3 is 15.1 Å². The van der Waals surface area contributed by atoms with Gasteiger partial charge in [0.15, 0.2) is 0 Å². The van der Waals surface area contributed by atoms with Crippen LogP contribution < -0.4 is 0 Å². The van der Waals surface area contributed by atoms with E-state index in [1.54, 1.807) is 0 Å². The maximum absolute atomic E-state index is 12.8. The van der Waals surface area contributed by atoms with Crippen LogP contribution >= 0.6 is 15.6 Å². The molecule has 0 aliphatic carbocycles. The fourth-order valence-corrected chi connectivity index (χ4v) is 5.30. The lowest BCUT2D eigenvalue weighted by molar-refractivity contribution is 0.0395. The Labute approximate surface area is 181 Å². The highest BCUT2D eigenvalue weighted by Crippen LogP contribution is 2.63. The molecule has 11 heteroatoms. The van der Waals surface area contributed by atoms with Crippen LogP contribution in [0.1, 0.15) is 90.9 Å². The van der Waals surface area contributed by atoms with Crippen LogP contribution in [0.5, 0.6) is 0 Å². The molecule has 3 N–H and O–H groups in total. The van der Waals surface area contributed by atoms with Gasteiger partial charge in [-0.05, 0) is 12.8 Å². The summed E-state index contributed by atoms with van der Waals surface area (Å²) in [5.41, 5.74) is 0. The SMILES string of the molecule is CCCCCCCCOP(=O)(OCCCCCCCC)OP(=O)(O)OCC(O)CO. The summed E-state index contributed by atoms with van der Waals surface area (Å²) in [7, 11) is -9.12. The third kappa shape index (κ3) is 17.8. The molecule has 0 bridgehead atoms. The van der Waals surface area contributed by atoms with Crippen molar-refractivity contribution in [3.63, 3.8) is 0 Å². The molecule has 30 heavy (non-hydrogen) atoms. The number of rotatable bonds is 22. The Hall–Kier alpha value is 0.180. The number of aliphatic hydroxyl groups is 2. The lowest BCUT2D eigenvalue weighted by Gasteiger charge is -2.21. The third-order valence-electron chi connectivity index (χ3n) is 4.34. The van der Waals surface area contributed by atoms with Crippen LogP contribution in [0.4, 0.5) is 0 Å². The van der Waals surface area contributed by atoms with E-state index >= 15 is 0 Å². The smallest absolute Gasteiger partial charge is 0.394 e. The van der Waals surface area contributed by atoms with Crippen molar-refractivity contribution >= 4 is 15.6 Å². The summed E-state index contributed by atoms with van der Waals surface area (Å²) in [5.74, 6) is 0. The molecule has 0 radical (unpaired) electrons. The van der Waals surface area contributed by atoms with Crippen LogP contribution in [0.3, 0.4) is 0 Å². The molecule has 9 nitrogen and oxygen atoms in total. The van der Waals surface area contributed by atoms with E-state index in [4.69, 9.17) is 18.5 Å². The Morgan fingerprint density at radius 3 is 1.60 bits per heavy atom. The van der Waals surface area contributed by atoms with Crippen LogP contribution in [0.2, 0.25) is 0 Å². The van der Waals surface area contributed by atoms with E-state index in [9.17, 15) is 19.1 Å². The normalized spacial score (nSPS) is 15.2. The number of hydrogen-bond acceptors (Lipinski definition) is 8. The second-order valence-electron chi connectivity index (χ2n) is 7.33. The molecule has 2 atom stereocenters. The van der Waals surface area contributed by atoms with E-state index in [-0.39, 0.29) is 13.2 Å². The summed E-state index contributed by atoms with van der Waals surface area (Å²) in [5, 5.41) is 18.0. The molecule has 0 amide bonds. The molecule has 0 fully saturated rings. The van der Waals surface area contributed by atoms with Gasteiger partial charge in [-0.2, -0.15) is 4.31 Å². The fourth-order valence-electron chi connectivity index (χ4n) is 2.58. The first-order valence-electron chi connectivity index (χ1n) is 11.1. The Bertz CT molecular complexity index is 469. The average molecular weight is 476 g/mol. The van der Waals surface area contributed by atoms with E-state index in [0.29, 0.717) is 12.8 Å². The molecular formula is C19H42O9P2. The summed E-state index contributed by atoms with van der Waals surface area (Å²) < 4.78 is 44.6. The van der Waals surface area contributed by atoms with E-state index in [1.165, 1.54) is 0 Å². The summed E-state index contributed by atoms with van der Waals surface area (Å²) in [4.78, 5) is 9.78. The zero-order valence-electron chi connectivity index (χ0n) is 18.6. The van der Waals surface area contributed by atoms with Crippen molar-refractivity contribution in [2.24, 2.45) is 0 Å². The average Bonchev–Trinajstić information content (AvgIpc) is 2.70. The molecule has 0 saturated carbocycles. The molecule has 0 spiro atoms. The topological polar surface area (TPSA) is 132 Å². The Kier molecular flexibility index (Phi) is 18.8. The molecule has 0 saturated heterocycles. The second-order valence-corrected chi connectivity index (χ2v) is 10.6. The number of hydrogen-bond donors (Lipinski definition) is 3. The van der Waals surface area contributed by atoms with Crippen molar-refractivity contribution in [2.45, 2.75) is 97.0 Å². The Balaban J connectivity index is 4.54.